The lowest BCUT2D eigenvalue weighted by atomic mass is 10.1. The minimum absolute atomic E-state index is 0.00564. The zero-order valence-corrected chi connectivity index (χ0v) is 12.4. The molecule has 1 aromatic carbocycles. The van der Waals surface area contributed by atoms with Crippen molar-refractivity contribution < 1.29 is 17.9 Å². The number of halogens is 4. The maximum atomic E-state index is 13.0. The van der Waals surface area contributed by atoms with E-state index >= 15 is 0 Å². The van der Waals surface area contributed by atoms with Crippen molar-refractivity contribution in [3.05, 3.63) is 50.3 Å². The Morgan fingerprint density at radius 3 is 2.62 bits per heavy atom. The molecule has 2 aromatic rings. The van der Waals surface area contributed by atoms with Gasteiger partial charge in [-0.1, -0.05) is 18.2 Å². The maximum absolute atomic E-state index is 13.0. The van der Waals surface area contributed by atoms with Crippen LogP contribution in [0.15, 0.2) is 33.5 Å². The first kappa shape index (κ1) is 15.7. The first-order chi connectivity index (χ1) is 9.84. The lowest BCUT2D eigenvalue weighted by molar-refractivity contribution is -0.137. The summed E-state index contributed by atoms with van der Waals surface area (Å²) in [4.78, 5) is 18.2. The monoisotopic (exact) mass is 362 g/mol. The third-order valence-corrected chi connectivity index (χ3v) is 3.52. The molecule has 0 aliphatic carbocycles. The van der Waals surface area contributed by atoms with Crippen molar-refractivity contribution in [3.63, 3.8) is 0 Å². The Hall–Kier alpha value is -1.67. The van der Waals surface area contributed by atoms with Crippen molar-refractivity contribution >= 4 is 15.9 Å². The molecular weight excluding hydrogens is 353 g/mol. The second-order valence-corrected chi connectivity index (χ2v) is 4.94. The van der Waals surface area contributed by atoms with Crippen LogP contribution in [0.25, 0.3) is 11.4 Å². The molecule has 0 unspecified atom stereocenters. The van der Waals surface area contributed by atoms with E-state index in [0.717, 1.165) is 6.07 Å². The zero-order chi connectivity index (χ0) is 15.6. The van der Waals surface area contributed by atoms with Gasteiger partial charge in [-0.3, -0.25) is 4.79 Å². The van der Waals surface area contributed by atoms with Gasteiger partial charge in [0.2, 0.25) is 0 Å². The van der Waals surface area contributed by atoms with Gasteiger partial charge in [0.15, 0.2) is 0 Å². The van der Waals surface area contributed by atoms with Gasteiger partial charge in [-0.05, 0) is 22.0 Å². The van der Waals surface area contributed by atoms with Crippen LogP contribution in [0.3, 0.4) is 0 Å². The Morgan fingerprint density at radius 2 is 2.00 bits per heavy atom. The van der Waals surface area contributed by atoms with Crippen LogP contribution in [-0.4, -0.2) is 17.1 Å². The Morgan fingerprint density at radius 1 is 1.33 bits per heavy atom. The first-order valence-electron chi connectivity index (χ1n) is 5.79. The van der Waals surface area contributed by atoms with Gasteiger partial charge in [0.1, 0.15) is 10.3 Å². The first-order valence-corrected chi connectivity index (χ1v) is 6.58. The van der Waals surface area contributed by atoms with E-state index in [-0.39, 0.29) is 28.2 Å². The molecule has 0 saturated heterocycles. The molecule has 0 aliphatic rings. The summed E-state index contributed by atoms with van der Waals surface area (Å²) < 4.78 is 44.0. The summed E-state index contributed by atoms with van der Waals surface area (Å²) in [6.07, 6.45) is -4.54. The fourth-order valence-corrected chi connectivity index (χ4v) is 2.10. The highest BCUT2D eigenvalue weighted by Gasteiger charge is 2.34. The van der Waals surface area contributed by atoms with E-state index < -0.39 is 17.3 Å². The highest BCUT2D eigenvalue weighted by Crippen LogP contribution is 2.35. The summed E-state index contributed by atoms with van der Waals surface area (Å²) in [5, 5.41) is 0. The number of ether oxygens (including phenoxy) is 1. The Bertz CT molecular complexity index is 713. The van der Waals surface area contributed by atoms with Crippen LogP contribution in [0.1, 0.15) is 11.3 Å². The molecule has 1 N–H and O–H groups in total. The number of aromatic nitrogens is 2. The number of H-pyrrole nitrogens is 1. The highest BCUT2D eigenvalue weighted by molar-refractivity contribution is 9.10. The van der Waals surface area contributed by atoms with E-state index in [0.29, 0.717) is 0 Å². The Labute approximate surface area is 126 Å². The topological polar surface area (TPSA) is 55.0 Å². The van der Waals surface area contributed by atoms with Gasteiger partial charge in [0, 0.05) is 12.7 Å². The summed E-state index contributed by atoms with van der Waals surface area (Å²) in [5.74, 6) is -0.150. The lowest BCUT2D eigenvalue weighted by Crippen LogP contribution is -2.16. The number of hydrogen-bond acceptors (Lipinski definition) is 3. The number of aromatic amines is 1. The number of methoxy groups -OCH3 is 1. The Balaban J connectivity index is 2.66. The van der Waals surface area contributed by atoms with Crippen LogP contribution in [0.5, 0.6) is 0 Å². The predicted octanol–water partition coefficient (Wildman–Crippen LogP) is 3.36. The maximum Gasteiger partial charge on any atom is 0.417 e. The van der Waals surface area contributed by atoms with Crippen molar-refractivity contribution in [2.45, 2.75) is 12.8 Å². The molecule has 0 atom stereocenters. The summed E-state index contributed by atoms with van der Waals surface area (Å²) in [6.45, 7) is 0.00564. The molecule has 0 spiro atoms. The van der Waals surface area contributed by atoms with Crippen LogP contribution < -0.4 is 5.56 Å². The molecule has 2 rings (SSSR count). The van der Waals surface area contributed by atoms with Gasteiger partial charge in [-0.2, -0.15) is 13.2 Å². The quantitative estimate of drug-likeness (QED) is 0.910. The summed E-state index contributed by atoms with van der Waals surface area (Å²) >= 11 is 3.04. The summed E-state index contributed by atoms with van der Waals surface area (Å²) in [6, 6.07) is 4.92. The van der Waals surface area contributed by atoms with Crippen LogP contribution in [0.2, 0.25) is 0 Å². The molecule has 8 heteroatoms. The van der Waals surface area contributed by atoms with E-state index in [9.17, 15) is 18.0 Å². The number of benzene rings is 1. The van der Waals surface area contributed by atoms with Crippen molar-refractivity contribution in [2.75, 3.05) is 7.11 Å². The minimum Gasteiger partial charge on any atom is -0.378 e. The van der Waals surface area contributed by atoms with E-state index in [4.69, 9.17) is 4.74 Å². The molecule has 112 valence electrons. The molecule has 0 saturated carbocycles. The summed E-state index contributed by atoms with van der Waals surface area (Å²) in [7, 11) is 1.40. The largest absolute Gasteiger partial charge is 0.417 e. The van der Waals surface area contributed by atoms with Gasteiger partial charge >= 0.3 is 6.18 Å². The van der Waals surface area contributed by atoms with Gasteiger partial charge in [0.25, 0.3) is 5.56 Å². The third kappa shape index (κ3) is 3.33. The molecule has 0 amide bonds. The molecule has 0 fully saturated rings. The molecule has 1 aromatic heterocycles. The van der Waals surface area contributed by atoms with Crippen molar-refractivity contribution in [1.82, 2.24) is 9.97 Å². The fourth-order valence-electron chi connectivity index (χ4n) is 1.80. The van der Waals surface area contributed by atoms with Crippen LogP contribution in [0.4, 0.5) is 13.2 Å². The normalized spacial score (nSPS) is 11.7. The molecule has 1 heterocycles. The Kier molecular flexibility index (Phi) is 4.48. The van der Waals surface area contributed by atoms with Crippen LogP contribution >= 0.6 is 15.9 Å². The van der Waals surface area contributed by atoms with E-state index in [1.54, 1.807) is 0 Å². The standard InChI is InChI=1S/C13H10BrF3N2O2/c1-21-6-9-10(14)12(20)19-11(18-9)7-4-2-3-5-8(7)13(15,16)17/h2-5H,6H2,1H3,(H,18,19,20). The minimum atomic E-state index is -4.54. The second kappa shape index (κ2) is 5.98. The molecule has 0 aliphatic heterocycles. The second-order valence-electron chi connectivity index (χ2n) is 4.15. The molecular formula is C13H10BrF3N2O2. The predicted molar refractivity (Wildman–Crippen MR) is 73.7 cm³/mol. The number of rotatable bonds is 3. The zero-order valence-electron chi connectivity index (χ0n) is 10.8. The van der Waals surface area contributed by atoms with Crippen molar-refractivity contribution in [1.29, 1.82) is 0 Å². The van der Waals surface area contributed by atoms with Crippen LogP contribution in [0, 0.1) is 0 Å². The average molecular weight is 363 g/mol. The van der Waals surface area contributed by atoms with E-state index in [1.165, 1.54) is 25.3 Å². The van der Waals surface area contributed by atoms with Gasteiger partial charge in [-0.15, -0.1) is 0 Å². The van der Waals surface area contributed by atoms with E-state index in [2.05, 4.69) is 25.9 Å². The molecule has 4 nitrogen and oxygen atoms in total. The smallest absolute Gasteiger partial charge is 0.378 e. The number of hydrogen-bond donors (Lipinski definition) is 1. The van der Waals surface area contributed by atoms with Crippen molar-refractivity contribution in [3.8, 4) is 11.4 Å². The van der Waals surface area contributed by atoms with E-state index in [1.807, 2.05) is 0 Å². The summed E-state index contributed by atoms with van der Waals surface area (Å²) in [5.41, 5.74) is -1.39. The molecule has 0 bridgehead atoms. The SMILES string of the molecule is COCc1nc(-c2ccccc2C(F)(F)F)[nH]c(=O)c1Br. The van der Waals surface area contributed by atoms with Gasteiger partial charge in [-0.25, -0.2) is 4.98 Å². The lowest BCUT2D eigenvalue weighted by Gasteiger charge is -2.13. The van der Waals surface area contributed by atoms with Gasteiger partial charge < -0.3 is 9.72 Å². The number of alkyl halides is 3. The molecule has 0 radical (unpaired) electrons. The highest BCUT2D eigenvalue weighted by atomic mass is 79.9. The van der Waals surface area contributed by atoms with Gasteiger partial charge in [0.05, 0.1) is 17.9 Å². The number of nitrogens with zero attached hydrogens (tertiary/aromatic N) is 1. The fraction of sp³-hybridized carbons (Fsp3) is 0.231. The van der Waals surface area contributed by atoms with Crippen molar-refractivity contribution in [2.24, 2.45) is 0 Å². The number of nitrogens with one attached hydrogen (secondary N) is 1. The molecule has 21 heavy (non-hydrogen) atoms. The van der Waals surface area contributed by atoms with Crippen LogP contribution in [-0.2, 0) is 17.5 Å². The third-order valence-electron chi connectivity index (χ3n) is 2.70. The average Bonchev–Trinajstić information content (AvgIpc) is 2.43.